The van der Waals surface area contributed by atoms with E-state index in [0.29, 0.717) is 17.9 Å². The van der Waals surface area contributed by atoms with Crippen LogP contribution >= 0.6 is 0 Å². The molecule has 0 spiro atoms. The van der Waals surface area contributed by atoms with Gasteiger partial charge in [0, 0.05) is 5.54 Å². The number of rotatable bonds is 2. The first-order valence-corrected chi connectivity index (χ1v) is 7.32. The van der Waals surface area contributed by atoms with Crippen molar-refractivity contribution in [3.05, 3.63) is 70.8 Å². The summed E-state index contributed by atoms with van der Waals surface area (Å²) in [5.41, 5.74) is 8.60. The lowest BCUT2D eigenvalue weighted by Crippen LogP contribution is -2.43. The first-order chi connectivity index (χ1) is 10.0. The molecule has 3 rings (SSSR count). The lowest BCUT2D eigenvalue weighted by atomic mass is 9.70. The van der Waals surface area contributed by atoms with Crippen molar-refractivity contribution in [3.63, 3.8) is 0 Å². The Morgan fingerprint density at radius 2 is 1.90 bits per heavy atom. The standard InChI is InChI=1S/C18H19F2N/c1-12-9-10-18(21,15-7-3-2-6-14(12)15)11-13-5-4-8-16(19)17(13)20/h2-8,12H,9-11,21H2,1H3. The third-order valence-corrected chi connectivity index (χ3v) is 4.59. The molecule has 2 aromatic rings. The van der Waals surface area contributed by atoms with E-state index in [9.17, 15) is 8.78 Å². The fourth-order valence-corrected chi connectivity index (χ4v) is 3.35. The zero-order chi connectivity index (χ0) is 15.0. The average molecular weight is 287 g/mol. The molecule has 0 saturated heterocycles. The Bertz CT molecular complexity index is 668. The van der Waals surface area contributed by atoms with Crippen molar-refractivity contribution in [3.8, 4) is 0 Å². The summed E-state index contributed by atoms with van der Waals surface area (Å²) >= 11 is 0. The van der Waals surface area contributed by atoms with Gasteiger partial charge < -0.3 is 5.73 Å². The summed E-state index contributed by atoms with van der Waals surface area (Å²) in [6, 6.07) is 12.4. The van der Waals surface area contributed by atoms with Gasteiger partial charge in [0.05, 0.1) is 0 Å². The lowest BCUT2D eigenvalue weighted by Gasteiger charge is -2.38. The number of hydrogen-bond acceptors (Lipinski definition) is 1. The second kappa shape index (κ2) is 5.23. The fraction of sp³-hybridized carbons (Fsp3) is 0.333. The van der Waals surface area contributed by atoms with Crippen LogP contribution in [0.2, 0.25) is 0 Å². The van der Waals surface area contributed by atoms with Crippen LogP contribution in [0.1, 0.15) is 42.4 Å². The Morgan fingerprint density at radius 3 is 2.71 bits per heavy atom. The van der Waals surface area contributed by atoms with Gasteiger partial charge in [0.1, 0.15) is 0 Å². The Balaban J connectivity index is 2.02. The third kappa shape index (κ3) is 2.46. The summed E-state index contributed by atoms with van der Waals surface area (Å²) in [7, 11) is 0. The molecule has 1 aliphatic rings. The van der Waals surface area contributed by atoms with Crippen LogP contribution in [0.3, 0.4) is 0 Å². The molecule has 2 aromatic carbocycles. The minimum absolute atomic E-state index is 0.320. The van der Waals surface area contributed by atoms with E-state index in [1.54, 1.807) is 6.07 Å². The maximum Gasteiger partial charge on any atom is 0.162 e. The predicted molar refractivity (Wildman–Crippen MR) is 80.0 cm³/mol. The van der Waals surface area contributed by atoms with Crippen LogP contribution in [0, 0.1) is 11.6 Å². The molecule has 0 aliphatic heterocycles. The monoisotopic (exact) mass is 287 g/mol. The number of hydrogen-bond donors (Lipinski definition) is 1. The molecule has 2 atom stereocenters. The van der Waals surface area contributed by atoms with Gasteiger partial charge in [0.25, 0.3) is 0 Å². The zero-order valence-corrected chi connectivity index (χ0v) is 12.1. The Morgan fingerprint density at radius 1 is 1.14 bits per heavy atom. The summed E-state index contributed by atoms with van der Waals surface area (Å²) in [6.45, 7) is 2.18. The molecule has 0 saturated carbocycles. The van der Waals surface area contributed by atoms with Crippen LogP contribution in [0.25, 0.3) is 0 Å². The molecule has 2 N–H and O–H groups in total. The smallest absolute Gasteiger partial charge is 0.162 e. The molecule has 0 fully saturated rings. The highest BCUT2D eigenvalue weighted by molar-refractivity contribution is 5.40. The Labute approximate surface area is 123 Å². The topological polar surface area (TPSA) is 26.0 Å². The highest BCUT2D eigenvalue weighted by atomic mass is 19.2. The fourth-order valence-electron chi connectivity index (χ4n) is 3.35. The molecule has 0 heterocycles. The minimum atomic E-state index is -0.812. The van der Waals surface area contributed by atoms with Crippen molar-refractivity contribution >= 4 is 0 Å². The van der Waals surface area contributed by atoms with Crippen molar-refractivity contribution in [2.24, 2.45) is 5.73 Å². The lowest BCUT2D eigenvalue weighted by molar-refractivity contribution is 0.342. The van der Waals surface area contributed by atoms with E-state index in [0.717, 1.165) is 24.5 Å². The highest BCUT2D eigenvalue weighted by Gasteiger charge is 2.36. The molecule has 110 valence electrons. The molecule has 0 bridgehead atoms. The van der Waals surface area contributed by atoms with Gasteiger partial charge in [-0.15, -0.1) is 0 Å². The zero-order valence-electron chi connectivity index (χ0n) is 12.1. The van der Waals surface area contributed by atoms with Gasteiger partial charge >= 0.3 is 0 Å². The minimum Gasteiger partial charge on any atom is -0.321 e. The van der Waals surface area contributed by atoms with Crippen molar-refractivity contribution < 1.29 is 8.78 Å². The number of fused-ring (bicyclic) bond motifs is 1. The van der Waals surface area contributed by atoms with E-state index in [1.165, 1.54) is 11.6 Å². The van der Waals surface area contributed by atoms with Gasteiger partial charge in [-0.3, -0.25) is 0 Å². The summed E-state index contributed by atoms with van der Waals surface area (Å²) in [6.07, 6.45) is 2.06. The predicted octanol–water partition coefficient (Wildman–Crippen LogP) is 4.26. The van der Waals surface area contributed by atoms with Gasteiger partial charge in [-0.05, 0) is 47.9 Å². The number of nitrogens with two attached hydrogens (primary N) is 1. The van der Waals surface area contributed by atoms with Crippen LogP contribution in [-0.2, 0) is 12.0 Å². The van der Waals surface area contributed by atoms with E-state index in [4.69, 9.17) is 5.73 Å². The largest absolute Gasteiger partial charge is 0.321 e. The second-order valence-corrected chi connectivity index (χ2v) is 6.07. The van der Waals surface area contributed by atoms with Gasteiger partial charge in [-0.1, -0.05) is 43.3 Å². The normalized spacial score (nSPS) is 24.7. The van der Waals surface area contributed by atoms with Gasteiger partial charge in [0.2, 0.25) is 0 Å². The van der Waals surface area contributed by atoms with Crippen LogP contribution in [0.5, 0.6) is 0 Å². The first-order valence-electron chi connectivity index (χ1n) is 7.32. The van der Waals surface area contributed by atoms with Crippen LogP contribution < -0.4 is 5.73 Å². The summed E-state index contributed by atoms with van der Waals surface area (Å²) in [5, 5.41) is 0. The van der Waals surface area contributed by atoms with Crippen molar-refractivity contribution in [2.75, 3.05) is 0 Å². The number of halogens is 2. The summed E-state index contributed by atoms with van der Waals surface area (Å²) in [5.74, 6) is -1.14. The van der Waals surface area contributed by atoms with Gasteiger partial charge in [-0.2, -0.15) is 0 Å². The van der Waals surface area contributed by atoms with E-state index in [1.807, 2.05) is 18.2 Å². The van der Waals surface area contributed by atoms with E-state index >= 15 is 0 Å². The molecule has 21 heavy (non-hydrogen) atoms. The quantitative estimate of drug-likeness (QED) is 0.877. The van der Waals surface area contributed by atoms with Crippen molar-refractivity contribution in [1.29, 1.82) is 0 Å². The SMILES string of the molecule is CC1CCC(N)(Cc2cccc(F)c2F)c2ccccc21. The molecule has 0 radical (unpaired) electrons. The van der Waals surface area contributed by atoms with Crippen molar-refractivity contribution in [1.82, 2.24) is 0 Å². The summed E-state index contributed by atoms with van der Waals surface area (Å²) in [4.78, 5) is 0. The third-order valence-electron chi connectivity index (χ3n) is 4.59. The highest BCUT2D eigenvalue weighted by Crippen LogP contribution is 2.41. The molecule has 1 nitrogen and oxygen atoms in total. The Kier molecular flexibility index (Phi) is 3.54. The van der Waals surface area contributed by atoms with E-state index < -0.39 is 17.2 Å². The van der Waals surface area contributed by atoms with Gasteiger partial charge in [-0.25, -0.2) is 8.78 Å². The van der Waals surface area contributed by atoms with E-state index in [-0.39, 0.29) is 0 Å². The van der Waals surface area contributed by atoms with Crippen LogP contribution in [0.15, 0.2) is 42.5 Å². The van der Waals surface area contributed by atoms with Crippen LogP contribution in [-0.4, -0.2) is 0 Å². The maximum atomic E-state index is 13.9. The average Bonchev–Trinajstić information content (AvgIpc) is 2.49. The van der Waals surface area contributed by atoms with Gasteiger partial charge in [0.15, 0.2) is 11.6 Å². The molecular formula is C18H19F2N. The molecular weight excluding hydrogens is 268 g/mol. The molecule has 1 aliphatic carbocycles. The Hall–Kier alpha value is -1.74. The second-order valence-electron chi connectivity index (χ2n) is 6.07. The van der Waals surface area contributed by atoms with E-state index in [2.05, 4.69) is 13.0 Å². The molecule has 3 heteroatoms. The maximum absolute atomic E-state index is 13.9. The van der Waals surface area contributed by atoms with Crippen LogP contribution in [0.4, 0.5) is 8.78 Å². The van der Waals surface area contributed by atoms with Crippen molar-refractivity contribution in [2.45, 2.75) is 37.6 Å². The summed E-state index contributed by atoms with van der Waals surface area (Å²) < 4.78 is 27.3. The molecule has 0 amide bonds. The molecule has 2 unspecified atom stereocenters. The molecule has 0 aromatic heterocycles. The first kappa shape index (κ1) is 14.2. The number of benzene rings is 2.